The summed E-state index contributed by atoms with van der Waals surface area (Å²) in [4.78, 5) is 124. The Balaban J connectivity index is 0.000000250. The zero-order chi connectivity index (χ0) is 55.5. The van der Waals surface area contributed by atoms with Crippen LogP contribution in [0.1, 0.15) is 128 Å². The van der Waals surface area contributed by atoms with Gasteiger partial charge in [-0.2, -0.15) is 0 Å². The molecule has 4 fully saturated rings. The van der Waals surface area contributed by atoms with Crippen LogP contribution in [-0.4, -0.2) is 175 Å². The maximum atomic E-state index is 13.7. The van der Waals surface area contributed by atoms with Crippen LogP contribution in [0.15, 0.2) is 70.3 Å². The second kappa shape index (κ2) is 26.5. The van der Waals surface area contributed by atoms with Crippen LogP contribution in [-0.2, 0) is 28.6 Å². The maximum absolute atomic E-state index is 13.7. The van der Waals surface area contributed by atoms with Crippen LogP contribution in [0.3, 0.4) is 0 Å². The summed E-state index contributed by atoms with van der Waals surface area (Å²) in [6.07, 6.45) is 2.62. The van der Waals surface area contributed by atoms with E-state index < -0.39 is 29.2 Å². The number of hydrogen-bond donors (Lipinski definition) is 3. The van der Waals surface area contributed by atoms with Gasteiger partial charge >= 0.3 is 35.5 Å². The van der Waals surface area contributed by atoms with Crippen molar-refractivity contribution in [3.05, 3.63) is 93.0 Å². The predicted octanol–water partition coefficient (Wildman–Crippen LogP) is 5.91. The molecule has 6 heterocycles. The van der Waals surface area contributed by atoms with Crippen molar-refractivity contribution in [3.8, 4) is 22.5 Å². The highest BCUT2D eigenvalue weighted by Gasteiger charge is 2.35. The molecule has 0 radical (unpaired) electrons. The van der Waals surface area contributed by atoms with Crippen molar-refractivity contribution >= 4 is 41.8 Å². The first-order valence-corrected chi connectivity index (χ1v) is 25.9. The molecule has 0 spiro atoms. The van der Waals surface area contributed by atoms with Gasteiger partial charge in [0.2, 0.25) is 5.91 Å². The Bertz CT molecular complexity index is 2790. The molecular weight excluding hydrogens is 993 g/mol. The zero-order valence-electron chi connectivity index (χ0n) is 45.3. The smallest absolute Gasteiger partial charge is 0.410 e. The molecule has 22 heteroatoms. The standard InChI is InChI=1S/C26H35N5O5.C24H33N5O4.C4H6O3.CH4/c1-18(32)30-12-8-11-20(17-30)31-22(19-9-6-5-7-10-19)21(27-24(31)34)23(33)28-13-15-29(16-14-28)25(35)36-26(2,3)4;1-24(2,3)33-23(32)28-14-12-27(13-15-28)21(30)19-20(17-8-5-4-6-9-17)29(22(31)26-19)18-10-7-11-25-16-18;1-3(5)7-4(2)6;/h5-7,9-10,20H,8,11-17H2,1-4H3,(H,27,34);4-6,8-9,18,25H,7,10-16H2,1-3H3,(H,26,31);1-2H3;1H4. The summed E-state index contributed by atoms with van der Waals surface area (Å²) >= 11 is 0. The number of nitrogens with one attached hydrogen (secondary N) is 3. The number of carbonyl (C=O) groups is 7. The van der Waals surface area contributed by atoms with Gasteiger partial charge in [-0.3, -0.25) is 33.1 Å². The van der Waals surface area contributed by atoms with E-state index in [0.29, 0.717) is 89.1 Å². The van der Waals surface area contributed by atoms with Crippen LogP contribution < -0.4 is 16.7 Å². The molecule has 4 aliphatic rings. The molecule has 4 saturated heterocycles. The Labute approximate surface area is 450 Å². The van der Waals surface area contributed by atoms with Crippen molar-refractivity contribution in [3.63, 3.8) is 0 Å². The second-order valence-electron chi connectivity index (χ2n) is 21.1. The number of imidazole rings is 2. The summed E-state index contributed by atoms with van der Waals surface area (Å²) in [5.74, 6) is -1.66. The Hall–Kier alpha value is -7.49. The number of aromatic amines is 2. The number of rotatable bonds is 6. The summed E-state index contributed by atoms with van der Waals surface area (Å²) in [6.45, 7) is 20.5. The maximum Gasteiger partial charge on any atom is 0.410 e. The van der Waals surface area contributed by atoms with E-state index in [-0.39, 0.29) is 60.4 Å². The van der Waals surface area contributed by atoms with E-state index in [1.54, 1.807) is 33.6 Å². The summed E-state index contributed by atoms with van der Waals surface area (Å²) < 4.78 is 18.3. The molecule has 0 saturated carbocycles. The van der Waals surface area contributed by atoms with Gasteiger partial charge in [-0.15, -0.1) is 0 Å². The largest absolute Gasteiger partial charge is 0.444 e. The predicted molar refractivity (Wildman–Crippen MR) is 289 cm³/mol. The molecule has 2 aromatic carbocycles. The number of piperidine rings is 2. The third-order valence-corrected chi connectivity index (χ3v) is 12.9. The monoisotopic (exact) mass is 1070 g/mol. The van der Waals surface area contributed by atoms with Crippen LogP contribution in [0.4, 0.5) is 9.59 Å². The van der Waals surface area contributed by atoms with E-state index in [2.05, 4.69) is 20.0 Å². The third-order valence-electron chi connectivity index (χ3n) is 12.9. The lowest BCUT2D eigenvalue weighted by Crippen LogP contribution is -2.51. The summed E-state index contributed by atoms with van der Waals surface area (Å²) in [5, 5.41) is 3.35. The molecule has 77 heavy (non-hydrogen) atoms. The van der Waals surface area contributed by atoms with Gasteiger partial charge < -0.3 is 54.0 Å². The third kappa shape index (κ3) is 16.3. The fraction of sp³-hybridized carbons (Fsp3) is 0.545. The number of likely N-dealkylation sites (tertiary alicyclic amines) is 1. The number of nitrogens with zero attached hydrogens (tertiary/aromatic N) is 7. The fourth-order valence-electron chi connectivity index (χ4n) is 9.52. The lowest BCUT2D eigenvalue weighted by molar-refractivity contribution is -0.156. The first-order valence-electron chi connectivity index (χ1n) is 25.9. The molecule has 5 amide bonds. The van der Waals surface area contributed by atoms with E-state index >= 15 is 0 Å². The van der Waals surface area contributed by atoms with E-state index in [9.17, 15) is 43.2 Å². The number of benzene rings is 2. The van der Waals surface area contributed by atoms with Gasteiger partial charge in [0.25, 0.3) is 11.8 Å². The van der Waals surface area contributed by atoms with E-state index in [4.69, 9.17) is 9.47 Å². The number of esters is 2. The highest BCUT2D eigenvalue weighted by molar-refractivity contribution is 5.99. The van der Waals surface area contributed by atoms with Crippen LogP contribution in [0.25, 0.3) is 22.5 Å². The molecule has 2 unspecified atom stereocenters. The molecule has 420 valence electrons. The molecular formula is C55H78N10O12. The van der Waals surface area contributed by atoms with E-state index in [1.807, 2.05) is 102 Å². The van der Waals surface area contributed by atoms with Crippen LogP contribution in [0.5, 0.6) is 0 Å². The lowest BCUT2D eigenvalue weighted by atomic mass is 10.0. The minimum Gasteiger partial charge on any atom is -0.444 e. The van der Waals surface area contributed by atoms with Crippen LogP contribution >= 0.6 is 0 Å². The molecule has 3 N–H and O–H groups in total. The minimum atomic E-state index is -0.589. The molecule has 2 aromatic heterocycles. The molecule has 0 aliphatic carbocycles. The van der Waals surface area contributed by atoms with Gasteiger partial charge in [-0.1, -0.05) is 68.1 Å². The zero-order valence-corrected chi connectivity index (χ0v) is 45.3. The van der Waals surface area contributed by atoms with Crippen molar-refractivity contribution in [2.75, 3.05) is 78.5 Å². The SMILES string of the molecule is C.CC(=O)N1CCCC(n2c(-c3ccccc3)c(C(=O)N3CCN(C(=O)OC(C)(C)C)CC3)[nH]c2=O)C1.CC(=O)OC(C)=O.CC(C)(C)OC(=O)N1CCN(C(=O)c2[nH]c(=O)n(C3CCCNC3)c2-c2ccccc2)CC1. The minimum absolute atomic E-state index is 0. The first-order chi connectivity index (χ1) is 35.9. The van der Waals surface area contributed by atoms with E-state index in [0.717, 1.165) is 43.4 Å². The van der Waals surface area contributed by atoms with Crippen molar-refractivity contribution < 1.29 is 47.8 Å². The quantitative estimate of drug-likeness (QED) is 0.116. The fourth-order valence-corrected chi connectivity index (χ4v) is 9.52. The number of amides is 5. The van der Waals surface area contributed by atoms with Crippen LogP contribution in [0, 0.1) is 0 Å². The van der Waals surface area contributed by atoms with Crippen LogP contribution in [0.2, 0.25) is 0 Å². The van der Waals surface area contributed by atoms with Gasteiger partial charge in [0.15, 0.2) is 0 Å². The Morgan fingerprint density at radius 1 is 0.519 bits per heavy atom. The number of piperazine rings is 2. The average Bonchev–Trinajstić information content (AvgIpc) is 3.92. The normalized spacial score (nSPS) is 17.8. The summed E-state index contributed by atoms with van der Waals surface area (Å²) in [6, 6.07) is 18.7. The Kier molecular flexibility index (Phi) is 20.8. The summed E-state index contributed by atoms with van der Waals surface area (Å²) in [5.41, 5.74) is 1.52. The molecule has 2 atom stereocenters. The van der Waals surface area contributed by atoms with Gasteiger partial charge in [0.05, 0.1) is 23.5 Å². The van der Waals surface area contributed by atoms with Crippen molar-refractivity contribution in [2.45, 2.75) is 119 Å². The number of hydrogen-bond acceptors (Lipinski definition) is 13. The lowest BCUT2D eigenvalue weighted by Gasteiger charge is -2.35. The Morgan fingerprint density at radius 3 is 1.26 bits per heavy atom. The highest BCUT2D eigenvalue weighted by atomic mass is 16.6. The molecule has 22 nitrogen and oxygen atoms in total. The van der Waals surface area contributed by atoms with Crippen molar-refractivity contribution in [1.82, 2.24) is 48.9 Å². The van der Waals surface area contributed by atoms with Gasteiger partial charge in [0, 0.05) is 104 Å². The number of aromatic nitrogens is 4. The second-order valence-corrected chi connectivity index (χ2v) is 21.1. The van der Waals surface area contributed by atoms with E-state index in [1.165, 1.54) is 20.8 Å². The number of H-pyrrole nitrogens is 2. The molecule has 4 aromatic rings. The molecule has 4 aliphatic heterocycles. The van der Waals surface area contributed by atoms with Gasteiger partial charge in [-0.25, -0.2) is 19.2 Å². The number of carbonyl (C=O) groups excluding carboxylic acids is 7. The highest BCUT2D eigenvalue weighted by Crippen LogP contribution is 2.31. The molecule has 8 rings (SSSR count). The topological polar surface area (TPSA) is 251 Å². The Morgan fingerprint density at radius 2 is 0.909 bits per heavy atom. The van der Waals surface area contributed by atoms with Crippen molar-refractivity contribution in [1.29, 1.82) is 0 Å². The molecule has 0 bridgehead atoms. The average molecular weight is 1070 g/mol. The van der Waals surface area contributed by atoms with Gasteiger partial charge in [0.1, 0.15) is 22.6 Å². The summed E-state index contributed by atoms with van der Waals surface area (Å²) in [7, 11) is 0. The van der Waals surface area contributed by atoms with Gasteiger partial charge in [-0.05, 0) is 73.8 Å². The number of ether oxygens (including phenoxy) is 3. The van der Waals surface area contributed by atoms with Crippen molar-refractivity contribution in [2.24, 2.45) is 0 Å². The first kappa shape index (κ1) is 60.4.